The van der Waals surface area contributed by atoms with E-state index in [2.05, 4.69) is 185 Å². The summed E-state index contributed by atoms with van der Waals surface area (Å²) in [5.41, 5.74) is 17.9. The van der Waals surface area contributed by atoms with E-state index in [0.717, 1.165) is 40.1 Å². The summed E-state index contributed by atoms with van der Waals surface area (Å²) in [6.45, 7) is 0. The minimum atomic E-state index is 0.489. The highest BCUT2D eigenvalue weighted by Crippen LogP contribution is 2.42. The van der Waals surface area contributed by atoms with Crippen molar-refractivity contribution in [2.45, 2.75) is 6.42 Å². The minimum absolute atomic E-state index is 0.489. The number of para-hydroxylation sites is 4. The lowest BCUT2D eigenvalue weighted by Gasteiger charge is -2.13. The molecule has 9 aromatic carbocycles. The zero-order valence-electron chi connectivity index (χ0n) is 30.6. The smallest absolute Gasteiger partial charge is 0.131 e. The molecule has 0 unspecified atom stereocenters. The lowest BCUT2D eigenvalue weighted by atomic mass is 9.96. The average molecular weight is 717 g/mol. The number of fused-ring (bicyclic) bond motifs is 11. The van der Waals surface area contributed by atoms with Crippen LogP contribution in [0.25, 0.3) is 76.5 Å². The molecule has 0 saturated carbocycles. The van der Waals surface area contributed by atoms with E-state index in [1.165, 1.54) is 65.2 Å². The monoisotopic (exact) mass is 716 g/mol. The van der Waals surface area contributed by atoms with Crippen LogP contribution in [0.1, 0.15) is 16.7 Å². The van der Waals surface area contributed by atoms with Crippen LogP contribution in [0.4, 0.5) is 5.69 Å². The van der Waals surface area contributed by atoms with Crippen molar-refractivity contribution in [1.29, 1.82) is 0 Å². The quantitative estimate of drug-likeness (QED) is 0.104. The van der Waals surface area contributed by atoms with Crippen LogP contribution >= 0.6 is 0 Å². The second-order valence-corrected chi connectivity index (χ2v) is 14.6. The molecular weight excluding hydrogens is 681 g/mol. The van der Waals surface area contributed by atoms with E-state index < -0.39 is 0 Å². The van der Waals surface area contributed by atoms with Gasteiger partial charge in [-0.25, -0.2) is 4.99 Å². The Kier molecular flexibility index (Phi) is 7.36. The Balaban J connectivity index is 1.10. The van der Waals surface area contributed by atoms with E-state index in [1.54, 1.807) is 0 Å². The highest BCUT2D eigenvalue weighted by Gasteiger charge is 2.19. The van der Waals surface area contributed by atoms with Gasteiger partial charge in [0, 0.05) is 43.9 Å². The normalized spacial score (nSPS) is 12.2. The summed E-state index contributed by atoms with van der Waals surface area (Å²) < 4.78 is 4.79. The highest BCUT2D eigenvalue weighted by molar-refractivity contribution is 6.29. The molecule has 11 rings (SSSR count). The van der Waals surface area contributed by atoms with Gasteiger partial charge in [-0.3, -0.25) is 0 Å². The third kappa shape index (κ3) is 5.04. The average Bonchev–Trinajstić information content (AvgIpc) is 3.78. The third-order valence-corrected chi connectivity index (χ3v) is 11.3. The zero-order chi connectivity index (χ0) is 37.2. The Morgan fingerprint density at radius 3 is 1.84 bits per heavy atom. The molecule has 11 aromatic rings. The number of amidine groups is 1. The molecule has 0 fully saturated rings. The number of hydrogen-bond donors (Lipinski definition) is 1. The fourth-order valence-electron chi connectivity index (χ4n) is 8.86. The fourth-order valence-corrected chi connectivity index (χ4v) is 8.86. The van der Waals surface area contributed by atoms with Gasteiger partial charge < -0.3 is 14.9 Å². The number of nitrogens with two attached hydrogens (primary N) is 1. The van der Waals surface area contributed by atoms with Crippen LogP contribution in [0.15, 0.2) is 199 Å². The molecule has 2 heterocycles. The summed E-state index contributed by atoms with van der Waals surface area (Å²) in [5, 5.41) is 9.89. The summed E-state index contributed by atoms with van der Waals surface area (Å²) in [4.78, 5) is 5.01. The predicted octanol–water partition coefficient (Wildman–Crippen LogP) is 12.8. The first-order valence-corrected chi connectivity index (χ1v) is 19.1. The lowest BCUT2D eigenvalue weighted by Crippen LogP contribution is -2.13. The number of aliphatic imine (C=N–C) groups is 1. The van der Waals surface area contributed by atoms with E-state index >= 15 is 0 Å². The molecule has 2 N–H and O–H groups in total. The summed E-state index contributed by atoms with van der Waals surface area (Å²) in [5.74, 6) is 0.489. The zero-order valence-corrected chi connectivity index (χ0v) is 30.6. The van der Waals surface area contributed by atoms with Gasteiger partial charge in [-0.2, -0.15) is 0 Å². The van der Waals surface area contributed by atoms with Crippen molar-refractivity contribution >= 4 is 76.7 Å². The second-order valence-electron chi connectivity index (χ2n) is 14.6. The summed E-state index contributed by atoms with van der Waals surface area (Å²) in [7, 11) is 0. The van der Waals surface area contributed by atoms with Crippen LogP contribution in [0, 0.1) is 0 Å². The maximum Gasteiger partial charge on any atom is 0.131 e. The lowest BCUT2D eigenvalue weighted by molar-refractivity contribution is 1.18. The van der Waals surface area contributed by atoms with Gasteiger partial charge in [-0.1, -0.05) is 146 Å². The van der Waals surface area contributed by atoms with Crippen molar-refractivity contribution in [2.75, 3.05) is 0 Å². The summed E-state index contributed by atoms with van der Waals surface area (Å²) in [6, 6.07) is 69.3. The van der Waals surface area contributed by atoms with E-state index in [0.29, 0.717) is 5.84 Å². The predicted molar refractivity (Wildman–Crippen MR) is 236 cm³/mol. The fraction of sp³-hybridized carbons (Fsp3) is 0.0192. The molecule has 4 heteroatoms. The van der Waals surface area contributed by atoms with Gasteiger partial charge in [0.2, 0.25) is 0 Å². The maximum absolute atomic E-state index is 6.85. The van der Waals surface area contributed by atoms with Crippen LogP contribution in [0.3, 0.4) is 0 Å². The number of hydrogen-bond acceptors (Lipinski definition) is 1. The molecule has 0 aliphatic carbocycles. The van der Waals surface area contributed by atoms with Gasteiger partial charge in [0.05, 0.1) is 27.8 Å². The van der Waals surface area contributed by atoms with E-state index in [4.69, 9.17) is 10.7 Å². The van der Waals surface area contributed by atoms with E-state index in [9.17, 15) is 0 Å². The third-order valence-electron chi connectivity index (χ3n) is 11.3. The van der Waals surface area contributed by atoms with Crippen molar-refractivity contribution in [3.05, 3.63) is 211 Å². The summed E-state index contributed by atoms with van der Waals surface area (Å²) in [6.07, 6.45) is 0.789. The van der Waals surface area contributed by atoms with Crippen molar-refractivity contribution in [3.8, 4) is 11.4 Å². The van der Waals surface area contributed by atoms with Gasteiger partial charge in [0.1, 0.15) is 5.84 Å². The van der Waals surface area contributed by atoms with E-state index in [-0.39, 0.29) is 0 Å². The molecule has 264 valence electrons. The molecule has 0 saturated heterocycles. The first-order chi connectivity index (χ1) is 27.7. The molecule has 4 nitrogen and oxygen atoms in total. The van der Waals surface area contributed by atoms with Crippen LogP contribution in [-0.4, -0.2) is 15.0 Å². The van der Waals surface area contributed by atoms with Crippen LogP contribution in [-0.2, 0) is 6.42 Å². The number of nitrogens with zero attached hydrogens (tertiary/aromatic N) is 3. The highest BCUT2D eigenvalue weighted by atomic mass is 15.0. The molecule has 0 bridgehead atoms. The molecule has 0 aliphatic rings. The number of benzene rings is 9. The van der Waals surface area contributed by atoms with Crippen LogP contribution < -0.4 is 5.73 Å². The van der Waals surface area contributed by atoms with Crippen molar-refractivity contribution in [3.63, 3.8) is 0 Å². The molecule has 0 amide bonds. The maximum atomic E-state index is 6.85. The molecule has 0 radical (unpaired) electrons. The van der Waals surface area contributed by atoms with Crippen LogP contribution in [0.5, 0.6) is 0 Å². The SMILES string of the molecule is NC(=Nc1ccccc1Cc1ccccc1)c1cccc(-n2c3ccccc3c3ccc4c5ccc6c(c5ccc4c32)c2ccccc2n6-c2ccccc2)c1. The second kappa shape index (κ2) is 12.9. The van der Waals surface area contributed by atoms with Crippen molar-refractivity contribution in [1.82, 2.24) is 9.13 Å². The van der Waals surface area contributed by atoms with Gasteiger partial charge >= 0.3 is 0 Å². The molecular formula is C52H36N4. The van der Waals surface area contributed by atoms with Crippen LogP contribution in [0.2, 0.25) is 0 Å². The summed E-state index contributed by atoms with van der Waals surface area (Å²) >= 11 is 0. The molecule has 0 spiro atoms. The number of aromatic nitrogens is 2. The molecule has 0 atom stereocenters. The largest absolute Gasteiger partial charge is 0.383 e. The standard InChI is InChI=1S/C52H36N4/c53-52(54-46-23-10-7-16-35(46)32-34-14-3-1-4-15-34)36-17-13-20-38(33-36)56-47-24-11-8-21-41(47)44-28-26-40-39-30-31-49-50(42(39)27-29-43(40)51(44)56)45-22-9-12-25-48(45)55(49)37-18-5-2-6-19-37/h1-31,33H,32H2,(H2,53,54). The molecule has 0 aliphatic heterocycles. The van der Waals surface area contributed by atoms with Gasteiger partial charge in [0.15, 0.2) is 0 Å². The molecule has 56 heavy (non-hydrogen) atoms. The topological polar surface area (TPSA) is 48.2 Å². The Morgan fingerprint density at radius 1 is 0.429 bits per heavy atom. The Morgan fingerprint density at radius 2 is 1.02 bits per heavy atom. The first kappa shape index (κ1) is 32.0. The van der Waals surface area contributed by atoms with Gasteiger partial charge in [0.25, 0.3) is 0 Å². The van der Waals surface area contributed by atoms with E-state index in [1.807, 2.05) is 18.2 Å². The Hall–Kier alpha value is -7.43. The minimum Gasteiger partial charge on any atom is -0.383 e. The van der Waals surface area contributed by atoms with Crippen molar-refractivity contribution in [2.24, 2.45) is 10.7 Å². The Labute approximate surface area is 324 Å². The first-order valence-electron chi connectivity index (χ1n) is 19.1. The molecule has 2 aromatic heterocycles. The van der Waals surface area contributed by atoms with Crippen molar-refractivity contribution < 1.29 is 0 Å². The Bertz CT molecular complexity index is 3330. The number of rotatable bonds is 6. The van der Waals surface area contributed by atoms with Gasteiger partial charge in [-0.05, 0) is 82.2 Å². The van der Waals surface area contributed by atoms with Gasteiger partial charge in [-0.15, -0.1) is 0 Å².